The molecule has 23 heavy (non-hydrogen) atoms. The largest absolute Gasteiger partial charge is 0.491 e. The van der Waals surface area contributed by atoms with Crippen LogP contribution >= 0.6 is 0 Å². The van der Waals surface area contributed by atoms with Crippen LogP contribution < -0.4 is 15.4 Å². The van der Waals surface area contributed by atoms with Gasteiger partial charge >= 0.3 is 6.03 Å². The second-order valence-electron chi connectivity index (χ2n) is 5.48. The van der Waals surface area contributed by atoms with Crippen molar-refractivity contribution in [1.29, 1.82) is 0 Å². The molecular weight excluding hydrogens is 288 g/mol. The maximum absolute atomic E-state index is 11.8. The first-order chi connectivity index (χ1) is 11.1. The lowest BCUT2D eigenvalue weighted by Gasteiger charge is -2.12. The zero-order valence-electron chi connectivity index (χ0n) is 14.0. The number of hydrogen-bond donors (Lipinski definition) is 2. The van der Waals surface area contributed by atoms with Gasteiger partial charge in [-0.2, -0.15) is 0 Å². The van der Waals surface area contributed by atoms with Crippen LogP contribution in [0.5, 0.6) is 5.75 Å². The summed E-state index contributed by atoms with van der Waals surface area (Å²) < 4.78 is 5.71. The first-order valence-corrected chi connectivity index (χ1v) is 7.93. The van der Waals surface area contributed by atoms with Crippen LogP contribution in [-0.4, -0.2) is 19.2 Å². The molecular formula is C19H24N2O2. The summed E-state index contributed by atoms with van der Waals surface area (Å²) in [6.07, 6.45) is 0.988. The van der Waals surface area contributed by atoms with Gasteiger partial charge in [0.15, 0.2) is 0 Å². The van der Waals surface area contributed by atoms with Gasteiger partial charge in [-0.15, -0.1) is 0 Å². The van der Waals surface area contributed by atoms with Gasteiger partial charge in [-0.1, -0.05) is 31.2 Å². The number of aryl methyl sites for hydroxylation is 2. The van der Waals surface area contributed by atoms with E-state index in [0.29, 0.717) is 13.2 Å². The summed E-state index contributed by atoms with van der Waals surface area (Å²) in [7, 11) is 0. The lowest BCUT2D eigenvalue weighted by atomic mass is 10.1. The number of carbonyl (C=O) groups is 1. The Bertz CT molecular complexity index is 651. The van der Waals surface area contributed by atoms with E-state index >= 15 is 0 Å². The Kier molecular flexibility index (Phi) is 6.03. The Labute approximate surface area is 137 Å². The Morgan fingerprint density at radius 3 is 2.52 bits per heavy atom. The highest BCUT2D eigenvalue weighted by Crippen LogP contribution is 2.20. The molecule has 0 bridgehead atoms. The topological polar surface area (TPSA) is 50.4 Å². The van der Waals surface area contributed by atoms with Crippen molar-refractivity contribution in [3.8, 4) is 5.75 Å². The molecule has 0 fully saturated rings. The number of rotatable bonds is 6. The van der Waals surface area contributed by atoms with Crippen LogP contribution in [0, 0.1) is 13.8 Å². The monoisotopic (exact) mass is 312 g/mol. The summed E-state index contributed by atoms with van der Waals surface area (Å²) in [5.41, 5.74) is 4.37. The molecule has 0 unspecified atom stereocenters. The summed E-state index contributed by atoms with van der Waals surface area (Å²) in [5, 5.41) is 5.60. The van der Waals surface area contributed by atoms with Crippen LogP contribution in [0.3, 0.4) is 0 Å². The van der Waals surface area contributed by atoms with Crippen LogP contribution in [0.2, 0.25) is 0 Å². The fourth-order valence-electron chi connectivity index (χ4n) is 2.21. The van der Waals surface area contributed by atoms with Crippen molar-refractivity contribution in [3.05, 3.63) is 59.2 Å². The minimum Gasteiger partial charge on any atom is -0.491 e. The molecule has 0 saturated heterocycles. The number of hydrogen-bond acceptors (Lipinski definition) is 2. The molecule has 0 spiro atoms. The Hall–Kier alpha value is -2.49. The minimum atomic E-state index is -0.223. The third kappa shape index (κ3) is 5.02. The SMILES string of the molecule is CCc1ccc(NC(=O)NCCOc2cccc(C)c2C)cc1. The average molecular weight is 312 g/mol. The van der Waals surface area contributed by atoms with Gasteiger partial charge in [-0.05, 0) is 55.2 Å². The van der Waals surface area contributed by atoms with Crippen LogP contribution in [0.15, 0.2) is 42.5 Å². The Morgan fingerprint density at radius 1 is 1.09 bits per heavy atom. The zero-order chi connectivity index (χ0) is 16.7. The second-order valence-corrected chi connectivity index (χ2v) is 5.48. The van der Waals surface area contributed by atoms with Crippen molar-refractivity contribution < 1.29 is 9.53 Å². The van der Waals surface area contributed by atoms with E-state index in [2.05, 4.69) is 30.5 Å². The molecule has 0 aliphatic carbocycles. The quantitative estimate of drug-likeness (QED) is 0.790. The molecule has 0 aliphatic heterocycles. The number of carbonyl (C=O) groups excluding carboxylic acids is 1. The van der Waals surface area contributed by atoms with Gasteiger partial charge in [0.05, 0.1) is 6.54 Å². The molecule has 2 N–H and O–H groups in total. The van der Waals surface area contributed by atoms with E-state index in [0.717, 1.165) is 23.4 Å². The summed E-state index contributed by atoms with van der Waals surface area (Å²) in [5.74, 6) is 0.863. The minimum absolute atomic E-state index is 0.223. The van der Waals surface area contributed by atoms with E-state index in [1.165, 1.54) is 11.1 Å². The molecule has 2 rings (SSSR count). The first-order valence-electron chi connectivity index (χ1n) is 7.93. The highest BCUT2D eigenvalue weighted by atomic mass is 16.5. The van der Waals surface area contributed by atoms with Crippen molar-refractivity contribution in [2.45, 2.75) is 27.2 Å². The molecule has 0 aromatic heterocycles. The third-order valence-electron chi connectivity index (χ3n) is 3.82. The highest BCUT2D eigenvalue weighted by Gasteiger charge is 2.03. The fourth-order valence-corrected chi connectivity index (χ4v) is 2.21. The number of benzene rings is 2. The van der Waals surface area contributed by atoms with Crippen molar-refractivity contribution >= 4 is 11.7 Å². The number of amides is 2. The van der Waals surface area contributed by atoms with Crippen LogP contribution in [0.1, 0.15) is 23.6 Å². The van der Waals surface area contributed by atoms with Gasteiger partial charge < -0.3 is 15.4 Å². The summed E-state index contributed by atoms with van der Waals surface area (Å²) in [4.78, 5) is 11.8. The summed E-state index contributed by atoms with van der Waals surface area (Å²) in [6.45, 7) is 7.08. The molecule has 2 aromatic carbocycles. The van der Waals surface area contributed by atoms with Gasteiger partial charge in [0, 0.05) is 5.69 Å². The third-order valence-corrected chi connectivity index (χ3v) is 3.82. The number of nitrogens with one attached hydrogen (secondary N) is 2. The first kappa shape index (κ1) is 16.9. The van der Waals surface area contributed by atoms with E-state index in [1.807, 2.05) is 43.3 Å². The van der Waals surface area contributed by atoms with Gasteiger partial charge in [0.2, 0.25) is 0 Å². The summed E-state index contributed by atoms with van der Waals surface area (Å²) in [6, 6.07) is 13.6. The second kappa shape index (κ2) is 8.22. The fraction of sp³-hybridized carbons (Fsp3) is 0.316. The van der Waals surface area contributed by atoms with E-state index in [1.54, 1.807) is 0 Å². The summed E-state index contributed by atoms with van der Waals surface area (Å²) >= 11 is 0. The maximum Gasteiger partial charge on any atom is 0.319 e. The molecule has 0 heterocycles. The molecule has 2 aromatic rings. The van der Waals surface area contributed by atoms with Crippen molar-refractivity contribution in [2.75, 3.05) is 18.5 Å². The number of ether oxygens (including phenoxy) is 1. The Morgan fingerprint density at radius 2 is 1.83 bits per heavy atom. The van der Waals surface area contributed by atoms with Crippen LogP contribution in [-0.2, 0) is 6.42 Å². The van der Waals surface area contributed by atoms with Crippen molar-refractivity contribution in [3.63, 3.8) is 0 Å². The normalized spacial score (nSPS) is 10.2. The van der Waals surface area contributed by atoms with Crippen LogP contribution in [0.25, 0.3) is 0 Å². The predicted octanol–water partition coefficient (Wildman–Crippen LogP) is 4.07. The number of anilines is 1. The molecule has 4 nitrogen and oxygen atoms in total. The van der Waals surface area contributed by atoms with E-state index in [4.69, 9.17) is 4.74 Å². The van der Waals surface area contributed by atoms with E-state index in [9.17, 15) is 4.79 Å². The standard InChI is InChI=1S/C19H24N2O2/c1-4-16-8-10-17(11-9-16)21-19(22)20-12-13-23-18-7-5-6-14(2)15(18)3/h5-11H,4,12-13H2,1-3H3,(H2,20,21,22). The lowest BCUT2D eigenvalue weighted by molar-refractivity contribution is 0.247. The molecule has 0 saturated carbocycles. The van der Waals surface area contributed by atoms with Gasteiger partial charge in [0.25, 0.3) is 0 Å². The van der Waals surface area contributed by atoms with Gasteiger partial charge in [-0.25, -0.2) is 4.79 Å². The molecule has 122 valence electrons. The van der Waals surface area contributed by atoms with Gasteiger partial charge in [0.1, 0.15) is 12.4 Å². The molecule has 0 radical (unpaired) electrons. The molecule has 2 amide bonds. The molecule has 0 atom stereocenters. The predicted molar refractivity (Wildman–Crippen MR) is 94.3 cm³/mol. The maximum atomic E-state index is 11.8. The lowest BCUT2D eigenvalue weighted by Crippen LogP contribution is -2.32. The van der Waals surface area contributed by atoms with E-state index in [-0.39, 0.29) is 6.03 Å². The molecule has 0 aliphatic rings. The van der Waals surface area contributed by atoms with Crippen molar-refractivity contribution in [2.24, 2.45) is 0 Å². The van der Waals surface area contributed by atoms with Crippen LogP contribution in [0.4, 0.5) is 10.5 Å². The average Bonchev–Trinajstić information content (AvgIpc) is 2.56. The highest BCUT2D eigenvalue weighted by molar-refractivity contribution is 5.89. The number of urea groups is 1. The Balaban J connectivity index is 1.73. The zero-order valence-corrected chi connectivity index (χ0v) is 14.0. The van der Waals surface area contributed by atoms with E-state index < -0.39 is 0 Å². The molecule has 4 heteroatoms. The smallest absolute Gasteiger partial charge is 0.319 e. The van der Waals surface area contributed by atoms with Crippen molar-refractivity contribution in [1.82, 2.24) is 5.32 Å². The van der Waals surface area contributed by atoms with Gasteiger partial charge in [-0.3, -0.25) is 0 Å².